The standard InChI is InChI=1S/C16H24FN3/c1-12(13-8-14(17)10-18-9-13)20(16-5-6-16)11-15-4-2-3-7-19-15/h8-10,12,15-16,19H,2-7,11H2,1H3. The smallest absolute Gasteiger partial charge is 0.141 e. The van der Waals surface area contributed by atoms with Crippen LogP contribution < -0.4 is 5.32 Å². The highest BCUT2D eigenvalue weighted by atomic mass is 19.1. The zero-order valence-electron chi connectivity index (χ0n) is 12.2. The molecule has 1 aromatic rings. The Hall–Kier alpha value is -1.00. The maximum atomic E-state index is 13.4. The normalized spacial score (nSPS) is 24.9. The highest BCUT2D eigenvalue weighted by Gasteiger charge is 2.34. The van der Waals surface area contributed by atoms with Crippen LogP contribution >= 0.6 is 0 Å². The number of piperidine rings is 1. The van der Waals surface area contributed by atoms with E-state index in [1.165, 1.54) is 38.3 Å². The van der Waals surface area contributed by atoms with Crippen molar-refractivity contribution in [2.45, 2.75) is 57.2 Å². The summed E-state index contributed by atoms with van der Waals surface area (Å²) in [7, 11) is 0. The number of hydrogen-bond acceptors (Lipinski definition) is 3. The van der Waals surface area contributed by atoms with Crippen LogP contribution in [0, 0.1) is 5.82 Å². The van der Waals surface area contributed by atoms with Crippen LogP contribution in [0.1, 0.15) is 50.6 Å². The van der Waals surface area contributed by atoms with Crippen LogP contribution in [0.25, 0.3) is 0 Å². The van der Waals surface area contributed by atoms with Crippen molar-refractivity contribution in [1.82, 2.24) is 15.2 Å². The molecule has 0 spiro atoms. The topological polar surface area (TPSA) is 28.2 Å². The molecule has 2 atom stereocenters. The molecule has 0 radical (unpaired) electrons. The second-order valence-corrected chi connectivity index (χ2v) is 6.19. The number of rotatable bonds is 5. The Morgan fingerprint density at radius 1 is 1.35 bits per heavy atom. The van der Waals surface area contributed by atoms with E-state index in [2.05, 4.69) is 22.1 Å². The van der Waals surface area contributed by atoms with Gasteiger partial charge in [-0.05, 0) is 50.8 Å². The Labute approximate surface area is 120 Å². The van der Waals surface area contributed by atoms with Gasteiger partial charge in [0, 0.05) is 30.9 Å². The molecule has 3 rings (SSSR count). The molecule has 2 heterocycles. The highest BCUT2D eigenvalue weighted by Crippen LogP contribution is 2.34. The van der Waals surface area contributed by atoms with E-state index in [-0.39, 0.29) is 11.9 Å². The lowest BCUT2D eigenvalue weighted by Gasteiger charge is -2.34. The van der Waals surface area contributed by atoms with Crippen molar-refractivity contribution in [2.75, 3.05) is 13.1 Å². The summed E-state index contributed by atoms with van der Waals surface area (Å²) in [4.78, 5) is 6.54. The van der Waals surface area contributed by atoms with Crippen LogP contribution in [0.5, 0.6) is 0 Å². The van der Waals surface area contributed by atoms with Crippen LogP contribution in [0.4, 0.5) is 4.39 Å². The Morgan fingerprint density at radius 2 is 2.20 bits per heavy atom. The second kappa shape index (κ2) is 6.19. The van der Waals surface area contributed by atoms with Crippen LogP contribution in [0.2, 0.25) is 0 Å². The maximum absolute atomic E-state index is 13.4. The minimum atomic E-state index is -0.235. The first-order valence-electron chi connectivity index (χ1n) is 7.83. The zero-order chi connectivity index (χ0) is 13.9. The molecular weight excluding hydrogens is 253 g/mol. The monoisotopic (exact) mass is 277 g/mol. The van der Waals surface area contributed by atoms with Crippen molar-refractivity contribution in [3.05, 3.63) is 29.8 Å². The van der Waals surface area contributed by atoms with Crippen molar-refractivity contribution in [2.24, 2.45) is 0 Å². The molecular formula is C16H24FN3. The summed E-state index contributed by atoms with van der Waals surface area (Å²) in [6, 6.07) is 3.14. The van der Waals surface area contributed by atoms with Gasteiger partial charge in [-0.3, -0.25) is 9.88 Å². The van der Waals surface area contributed by atoms with Gasteiger partial charge in [0.25, 0.3) is 0 Å². The molecule has 1 N–H and O–H groups in total. The summed E-state index contributed by atoms with van der Waals surface area (Å²) in [6.07, 6.45) is 9.52. The number of pyridine rings is 1. The van der Waals surface area contributed by atoms with Crippen molar-refractivity contribution >= 4 is 0 Å². The van der Waals surface area contributed by atoms with Crippen molar-refractivity contribution in [3.63, 3.8) is 0 Å². The summed E-state index contributed by atoms with van der Waals surface area (Å²) in [5, 5.41) is 3.62. The first kappa shape index (κ1) is 14.0. The lowest BCUT2D eigenvalue weighted by Crippen LogP contribution is -2.45. The number of aromatic nitrogens is 1. The third-order valence-electron chi connectivity index (χ3n) is 4.57. The van der Waals surface area contributed by atoms with E-state index in [9.17, 15) is 4.39 Å². The zero-order valence-corrected chi connectivity index (χ0v) is 12.2. The molecule has 1 saturated heterocycles. The summed E-state index contributed by atoms with van der Waals surface area (Å²) < 4.78 is 13.4. The summed E-state index contributed by atoms with van der Waals surface area (Å²) in [6.45, 7) is 4.39. The summed E-state index contributed by atoms with van der Waals surface area (Å²) >= 11 is 0. The number of nitrogens with zero attached hydrogens (tertiary/aromatic N) is 2. The fraction of sp³-hybridized carbons (Fsp3) is 0.688. The van der Waals surface area contributed by atoms with E-state index in [1.807, 2.05) is 0 Å². The van der Waals surface area contributed by atoms with E-state index < -0.39 is 0 Å². The van der Waals surface area contributed by atoms with Gasteiger partial charge in [-0.2, -0.15) is 0 Å². The van der Waals surface area contributed by atoms with E-state index >= 15 is 0 Å². The van der Waals surface area contributed by atoms with Gasteiger partial charge in [-0.1, -0.05) is 6.42 Å². The molecule has 20 heavy (non-hydrogen) atoms. The molecule has 3 nitrogen and oxygen atoms in total. The van der Waals surface area contributed by atoms with Gasteiger partial charge in [-0.15, -0.1) is 0 Å². The molecule has 0 aromatic carbocycles. The average Bonchev–Trinajstić information content (AvgIpc) is 3.30. The predicted molar refractivity (Wildman–Crippen MR) is 78.0 cm³/mol. The molecule has 1 aromatic heterocycles. The van der Waals surface area contributed by atoms with Crippen molar-refractivity contribution < 1.29 is 4.39 Å². The summed E-state index contributed by atoms with van der Waals surface area (Å²) in [5.74, 6) is -0.235. The quantitative estimate of drug-likeness (QED) is 0.897. The largest absolute Gasteiger partial charge is 0.313 e. The minimum Gasteiger partial charge on any atom is -0.313 e. The number of nitrogens with one attached hydrogen (secondary N) is 1. The Bertz CT molecular complexity index is 441. The Morgan fingerprint density at radius 3 is 2.85 bits per heavy atom. The predicted octanol–water partition coefficient (Wildman–Crippen LogP) is 2.89. The molecule has 2 aliphatic rings. The van der Waals surface area contributed by atoms with Crippen molar-refractivity contribution in [3.8, 4) is 0 Å². The molecule has 2 unspecified atom stereocenters. The molecule has 0 bridgehead atoms. The van der Waals surface area contributed by atoms with E-state index in [0.29, 0.717) is 12.1 Å². The first-order chi connectivity index (χ1) is 9.74. The third-order valence-corrected chi connectivity index (χ3v) is 4.57. The number of hydrogen-bond donors (Lipinski definition) is 1. The van der Waals surface area contributed by atoms with Gasteiger partial charge < -0.3 is 5.32 Å². The van der Waals surface area contributed by atoms with E-state index in [1.54, 1.807) is 12.3 Å². The lowest BCUT2D eigenvalue weighted by molar-refractivity contribution is 0.166. The minimum absolute atomic E-state index is 0.235. The van der Waals surface area contributed by atoms with Crippen LogP contribution in [0.3, 0.4) is 0 Å². The molecule has 1 saturated carbocycles. The molecule has 2 fully saturated rings. The average molecular weight is 277 g/mol. The fourth-order valence-corrected chi connectivity index (χ4v) is 3.21. The van der Waals surface area contributed by atoms with E-state index in [4.69, 9.17) is 0 Å². The van der Waals surface area contributed by atoms with Gasteiger partial charge in [0.2, 0.25) is 0 Å². The fourth-order valence-electron chi connectivity index (χ4n) is 3.21. The second-order valence-electron chi connectivity index (χ2n) is 6.19. The van der Waals surface area contributed by atoms with Crippen LogP contribution in [0.15, 0.2) is 18.5 Å². The van der Waals surface area contributed by atoms with Gasteiger partial charge in [0.15, 0.2) is 0 Å². The molecule has 110 valence electrons. The lowest BCUT2D eigenvalue weighted by atomic mass is 10.0. The third kappa shape index (κ3) is 3.36. The maximum Gasteiger partial charge on any atom is 0.141 e. The van der Waals surface area contributed by atoms with Gasteiger partial charge >= 0.3 is 0 Å². The SMILES string of the molecule is CC(c1cncc(F)c1)N(CC1CCCCN1)C1CC1. The van der Waals surface area contributed by atoms with Gasteiger partial charge in [-0.25, -0.2) is 4.39 Å². The molecule has 4 heteroatoms. The van der Waals surface area contributed by atoms with Crippen LogP contribution in [-0.4, -0.2) is 35.1 Å². The number of halogens is 1. The highest BCUT2D eigenvalue weighted by molar-refractivity contribution is 5.15. The molecule has 1 aliphatic heterocycles. The van der Waals surface area contributed by atoms with Crippen molar-refractivity contribution in [1.29, 1.82) is 0 Å². The van der Waals surface area contributed by atoms with Gasteiger partial charge in [0.05, 0.1) is 6.20 Å². The Balaban J connectivity index is 1.69. The first-order valence-corrected chi connectivity index (χ1v) is 7.83. The van der Waals surface area contributed by atoms with Gasteiger partial charge in [0.1, 0.15) is 5.82 Å². The molecule has 1 aliphatic carbocycles. The molecule has 0 amide bonds. The Kier molecular flexibility index (Phi) is 4.32. The van der Waals surface area contributed by atoms with E-state index in [0.717, 1.165) is 18.7 Å². The summed E-state index contributed by atoms with van der Waals surface area (Å²) in [5.41, 5.74) is 0.993. The van der Waals surface area contributed by atoms with Crippen LogP contribution in [-0.2, 0) is 0 Å².